The zero-order valence-electron chi connectivity index (χ0n) is 15.7. The minimum absolute atomic E-state index is 0.0633. The third-order valence-corrected chi connectivity index (χ3v) is 6.69. The van der Waals surface area contributed by atoms with Crippen molar-refractivity contribution in [3.63, 3.8) is 0 Å². The predicted octanol–water partition coefficient (Wildman–Crippen LogP) is 3.58. The Balaban J connectivity index is 1.43. The van der Waals surface area contributed by atoms with Gasteiger partial charge in [0, 0.05) is 36.1 Å². The number of amides is 1. The standard InChI is InChI=1S/C21H27N3O2S/c25-19(18-15-27-20(23-18)17-7-3-1-4-8-17)22-16-21(9-5-2-6-10-21)24-11-13-26-14-12-24/h1,3-4,7-8,15H,2,5-6,9-14,16H2,(H,22,25). The van der Waals surface area contributed by atoms with Crippen molar-refractivity contribution in [1.82, 2.24) is 15.2 Å². The van der Waals surface area contributed by atoms with Crippen LogP contribution in [0.15, 0.2) is 35.7 Å². The maximum Gasteiger partial charge on any atom is 0.270 e. The van der Waals surface area contributed by atoms with Gasteiger partial charge in [-0.3, -0.25) is 9.69 Å². The fourth-order valence-corrected chi connectivity index (χ4v) is 5.09. The molecule has 6 heteroatoms. The fourth-order valence-electron chi connectivity index (χ4n) is 4.28. The maximum absolute atomic E-state index is 12.7. The van der Waals surface area contributed by atoms with Crippen LogP contribution in [0, 0.1) is 0 Å². The Labute approximate surface area is 164 Å². The van der Waals surface area contributed by atoms with Crippen LogP contribution in [0.4, 0.5) is 0 Å². The number of carbonyl (C=O) groups is 1. The van der Waals surface area contributed by atoms with Gasteiger partial charge in [0.1, 0.15) is 10.7 Å². The van der Waals surface area contributed by atoms with Gasteiger partial charge < -0.3 is 10.1 Å². The molecular weight excluding hydrogens is 358 g/mol. The Morgan fingerprint density at radius 2 is 1.89 bits per heavy atom. The van der Waals surface area contributed by atoms with E-state index in [1.807, 2.05) is 35.7 Å². The molecule has 2 fully saturated rings. The van der Waals surface area contributed by atoms with Crippen molar-refractivity contribution < 1.29 is 9.53 Å². The topological polar surface area (TPSA) is 54.5 Å². The van der Waals surface area contributed by atoms with Crippen LogP contribution in [0.1, 0.15) is 42.6 Å². The summed E-state index contributed by atoms with van der Waals surface area (Å²) in [5.74, 6) is -0.0633. The van der Waals surface area contributed by atoms with Crippen LogP contribution in [0.5, 0.6) is 0 Å². The summed E-state index contributed by atoms with van der Waals surface area (Å²) in [6.07, 6.45) is 6.08. The van der Waals surface area contributed by atoms with Crippen LogP contribution >= 0.6 is 11.3 Å². The van der Waals surface area contributed by atoms with Gasteiger partial charge in [0.05, 0.1) is 13.2 Å². The first-order valence-electron chi connectivity index (χ1n) is 9.89. The zero-order valence-corrected chi connectivity index (χ0v) is 16.5. The molecule has 1 N–H and O–H groups in total. The lowest BCUT2D eigenvalue weighted by atomic mass is 9.79. The number of carbonyl (C=O) groups excluding carboxylic acids is 1. The predicted molar refractivity (Wildman–Crippen MR) is 108 cm³/mol. The SMILES string of the molecule is O=C(NCC1(N2CCOCC2)CCCCC1)c1csc(-c2ccccc2)n1. The van der Waals surface area contributed by atoms with Crippen molar-refractivity contribution in [3.8, 4) is 10.6 Å². The zero-order chi connectivity index (χ0) is 18.5. The van der Waals surface area contributed by atoms with E-state index in [9.17, 15) is 4.79 Å². The van der Waals surface area contributed by atoms with E-state index < -0.39 is 0 Å². The van der Waals surface area contributed by atoms with Crippen LogP contribution in [0.25, 0.3) is 10.6 Å². The summed E-state index contributed by atoms with van der Waals surface area (Å²) in [4.78, 5) is 19.8. The number of hydrogen-bond donors (Lipinski definition) is 1. The van der Waals surface area contributed by atoms with Crippen LogP contribution in [0.2, 0.25) is 0 Å². The number of ether oxygens (including phenoxy) is 1. The molecule has 1 aliphatic carbocycles. The average Bonchev–Trinajstić information content (AvgIpc) is 3.24. The number of rotatable bonds is 5. The summed E-state index contributed by atoms with van der Waals surface area (Å²) in [5.41, 5.74) is 1.65. The van der Waals surface area contributed by atoms with Crippen LogP contribution in [0.3, 0.4) is 0 Å². The van der Waals surface area contributed by atoms with E-state index in [1.165, 1.54) is 30.6 Å². The highest BCUT2D eigenvalue weighted by Gasteiger charge is 2.38. The van der Waals surface area contributed by atoms with E-state index in [0.29, 0.717) is 12.2 Å². The van der Waals surface area contributed by atoms with Gasteiger partial charge in [-0.25, -0.2) is 4.98 Å². The third-order valence-electron chi connectivity index (χ3n) is 5.80. The van der Waals surface area contributed by atoms with Crippen LogP contribution in [-0.4, -0.2) is 54.2 Å². The lowest BCUT2D eigenvalue weighted by Crippen LogP contribution is -2.59. The number of morpholine rings is 1. The van der Waals surface area contributed by atoms with Crippen molar-refractivity contribution >= 4 is 17.2 Å². The van der Waals surface area contributed by atoms with Crippen LogP contribution < -0.4 is 5.32 Å². The van der Waals surface area contributed by atoms with Crippen molar-refractivity contribution in [1.29, 1.82) is 0 Å². The molecule has 2 aromatic rings. The largest absolute Gasteiger partial charge is 0.379 e. The summed E-state index contributed by atoms with van der Waals surface area (Å²) in [5, 5.41) is 5.95. The molecule has 0 unspecified atom stereocenters. The molecule has 1 amide bonds. The molecule has 5 nitrogen and oxygen atoms in total. The molecular formula is C21H27N3O2S. The molecule has 0 bridgehead atoms. The summed E-state index contributed by atoms with van der Waals surface area (Å²) >= 11 is 1.52. The first-order valence-corrected chi connectivity index (χ1v) is 10.8. The number of thiazole rings is 1. The van der Waals surface area contributed by atoms with E-state index in [2.05, 4.69) is 15.2 Å². The second-order valence-corrected chi connectivity index (χ2v) is 8.33. The first kappa shape index (κ1) is 18.6. The minimum Gasteiger partial charge on any atom is -0.379 e. The van der Waals surface area contributed by atoms with Gasteiger partial charge in [-0.05, 0) is 12.8 Å². The Hall–Kier alpha value is -1.76. The summed E-state index contributed by atoms with van der Waals surface area (Å²) in [7, 11) is 0. The van der Waals surface area contributed by atoms with Crippen LogP contribution in [-0.2, 0) is 4.74 Å². The minimum atomic E-state index is -0.0633. The van der Waals surface area contributed by atoms with E-state index in [0.717, 1.165) is 49.7 Å². The van der Waals surface area contributed by atoms with Crippen molar-refractivity contribution in [3.05, 3.63) is 41.4 Å². The number of nitrogens with one attached hydrogen (secondary N) is 1. The first-order chi connectivity index (χ1) is 13.3. The molecule has 144 valence electrons. The Morgan fingerprint density at radius 3 is 2.63 bits per heavy atom. The monoisotopic (exact) mass is 385 g/mol. The molecule has 27 heavy (non-hydrogen) atoms. The number of hydrogen-bond acceptors (Lipinski definition) is 5. The average molecular weight is 386 g/mol. The Kier molecular flexibility index (Phi) is 5.86. The fraction of sp³-hybridized carbons (Fsp3) is 0.524. The Morgan fingerprint density at radius 1 is 1.15 bits per heavy atom. The molecule has 1 aliphatic heterocycles. The van der Waals surface area contributed by atoms with E-state index >= 15 is 0 Å². The lowest BCUT2D eigenvalue weighted by Gasteiger charge is -2.48. The van der Waals surface area contributed by atoms with Gasteiger partial charge in [0.25, 0.3) is 5.91 Å². The highest BCUT2D eigenvalue weighted by atomic mass is 32.1. The molecule has 0 radical (unpaired) electrons. The van der Waals surface area contributed by atoms with E-state index in [-0.39, 0.29) is 11.4 Å². The highest BCUT2D eigenvalue weighted by Crippen LogP contribution is 2.34. The van der Waals surface area contributed by atoms with Gasteiger partial charge in [-0.1, -0.05) is 49.6 Å². The normalized spacial score (nSPS) is 20.3. The van der Waals surface area contributed by atoms with Gasteiger partial charge in [-0.2, -0.15) is 0 Å². The molecule has 4 rings (SSSR count). The second kappa shape index (κ2) is 8.50. The molecule has 0 spiro atoms. The number of aromatic nitrogens is 1. The van der Waals surface area contributed by atoms with Crippen molar-refractivity contribution in [2.24, 2.45) is 0 Å². The maximum atomic E-state index is 12.7. The smallest absolute Gasteiger partial charge is 0.270 e. The molecule has 1 aromatic carbocycles. The van der Waals surface area contributed by atoms with Gasteiger partial charge >= 0.3 is 0 Å². The molecule has 0 atom stereocenters. The molecule has 1 saturated carbocycles. The summed E-state index contributed by atoms with van der Waals surface area (Å²) < 4.78 is 5.54. The number of benzene rings is 1. The summed E-state index contributed by atoms with van der Waals surface area (Å²) in [6, 6.07) is 10.0. The third kappa shape index (κ3) is 4.23. The highest BCUT2D eigenvalue weighted by molar-refractivity contribution is 7.13. The van der Waals surface area contributed by atoms with Crippen molar-refractivity contribution in [2.45, 2.75) is 37.6 Å². The van der Waals surface area contributed by atoms with E-state index in [1.54, 1.807) is 0 Å². The molecule has 2 heterocycles. The van der Waals surface area contributed by atoms with E-state index in [4.69, 9.17) is 4.74 Å². The molecule has 1 saturated heterocycles. The lowest BCUT2D eigenvalue weighted by molar-refractivity contribution is -0.0361. The van der Waals surface area contributed by atoms with Gasteiger partial charge in [-0.15, -0.1) is 11.3 Å². The Bertz CT molecular complexity index is 750. The van der Waals surface area contributed by atoms with Gasteiger partial charge in [0.2, 0.25) is 0 Å². The molecule has 2 aliphatic rings. The van der Waals surface area contributed by atoms with Crippen molar-refractivity contribution in [2.75, 3.05) is 32.8 Å². The summed E-state index contributed by atoms with van der Waals surface area (Å²) in [6.45, 7) is 4.21. The second-order valence-electron chi connectivity index (χ2n) is 7.47. The molecule has 1 aromatic heterocycles. The van der Waals surface area contributed by atoms with Gasteiger partial charge in [0.15, 0.2) is 0 Å². The quantitative estimate of drug-likeness (QED) is 0.855. The number of nitrogens with zero attached hydrogens (tertiary/aromatic N) is 2.